The zero-order valence-corrected chi connectivity index (χ0v) is 13.3. The third-order valence-electron chi connectivity index (χ3n) is 4.78. The van der Waals surface area contributed by atoms with Crippen LogP contribution in [0.4, 0.5) is 5.69 Å². The van der Waals surface area contributed by atoms with Gasteiger partial charge in [0.2, 0.25) is 5.91 Å². The molecule has 0 spiro atoms. The third kappa shape index (κ3) is 2.91. The predicted octanol–water partition coefficient (Wildman–Crippen LogP) is 1.74. The quantitative estimate of drug-likeness (QED) is 0.916. The SMILES string of the molecule is COc1ccccc1N1CC[C@H](N2CCCC[C@H]2C(=O)O)C1=O. The van der Waals surface area contributed by atoms with E-state index in [1.165, 1.54) is 0 Å². The molecule has 124 valence electrons. The van der Waals surface area contributed by atoms with E-state index in [4.69, 9.17) is 4.74 Å². The number of piperidine rings is 1. The van der Waals surface area contributed by atoms with Crippen LogP contribution in [0.2, 0.25) is 0 Å². The van der Waals surface area contributed by atoms with Gasteiger partial charge in [0.25, 0.3) is 0 Å². The highest BCUT2D eigenvalue weighted by molar-refractivity contribution is 6.00. The summed E-state index contributed by atoms with van der Waals surface area (Å²) in [4.78, 5) is 28.0. The Kier molecular flexibility index (Phi) is 4.52. The van der Waals surface area contributed by atoms with Crippen molar-refractivity contribution >= 4 is 17.6 Å². The van der Waals surface area contributed by atoms with Crippen LogP contribution in [0.3, 0.4) is 0 Å². The highest BCUT2D eigenvalue weighted by Gasteiger charge is 2.42. The molecule has 6 heteroatoms. The number of para-hydroxylation sites is 2. The van der Waals surface area contributed by atoms with Crippen LogP contribution in [0.5, 0.6) is 5.75 Å². The number of anilines is 1. The minimum Gasteiger partial charge on any atom is -0.495 e. The van der Waals surface area contributed by atoms with E-state index in [0.717, 1.165) is 18.5 Å². The zero-order valence-electron chi connectivity index (χ0n) is 13.3. The average Bonchev–Trinajstić information content (AvgIpc) is 2.96. The molecule has 6 nitrogen and oxygen atoms in total. The van der Waals surface area contributed by atoms with Crippen molar-refractivity contribution in [1.82, 2.24) is 4.90 Å². The van der Waals surface area contributed by atoms with Gasteiger partial charge in [0, 0.05) is 6.54 Å². The van der Waals surface area contributed by atoms with E-state index in [0.29, 0.717) is 31.7 Å². The second-order valence-corrected chi connectivity index (χ2v) is 6.05. The Morgan fingerprint density at radius 2 is 2.00 bits per heavy atom. The monoisotopic (exact) mass is 318 g/mol. The molecular weight excluding hydrogens is 296 g/mol. The molecule has 1 N–H and O–H groups in total. The molecule has 0 saturated carbocycles. The lowest BCUT2D eigenvalue weighted by molar-refractivity contribution is -0.146. The summed E-state index contributed by atoms with van der Waals surface area (Å²) in [5.41, 5.74) is 0.756. The zero-order chi connectivity index (χ0) is 16.4. The molecule has 0 aromatic heterocycles. The second-order valence-electron chi connectivity index (χ2n) is 6.05. The van der Waals surface area contributed by atoms with Gasteiger partial charge in [-0.05, 0) is 37.9 Å². The predicted molar refractivity (Wildman–Crippen MR) is 85.7 cm³/mol. The van der Waals surface area contributed by atoms with Crippen molar-refractivity contribution in [2.45, 2.75) is 37.8 Å². The molecule has 2 aliphatic heterocycles. The fraction of sp³-hybridized carbons (Fsp3) is 0.529. The first kappa shape index (κ1) is 15.8. The molecule has 23 heavy (non-hydrogen) atoms. The number of benzene rings is 1. The molecular formula is C17H22N2O4. The van der Waals surface area contributed by atoms with Gasteiger partial charge in [-0.1, -0.05) is 18.6 Å². The number of carboxylic acids is 1. The maximum absolute atomic E-state index is 12.9. The summed E-state index contributed by atoms with van der Waals surface area (Å²) < 4.78 is 5.34. The minimum atomic E-state index is -0.826. The van der Waals surface area contributed by atoms with E-state index in [1.807, 2.05) is 29.2 Å². The Morgan fingerprint density at radius 1 is 1.22 bits per heavy atom. The Labute approximate surface area is 135 Å². The minimum absolute atomic E-state index is 0.0253. The number of hydrogen-bond donors (Lipinski definition) is 1. The number of carboxylic acid groups (broad SMARTS) is 1. The Balaban J connectivity index is 1.82. The van der Waals surface area contributed by atoms with Gasteiger partial charge in [-0.15, -0.1) is 0 Å². The lowest BCUT2D eigenvalue weighted by Gasteiger charge is -2.36. The molecule has 0 radical (unpaired) electrons. The lowest BCUT2D eigenvalue weighted by Crippen LogP contribution is -2.52. The normalized spacial score (nSPS) is 25.6. The van der Waals surface area contributed by atoms with Gasteiger partial charge in [-0.25, -0.2) is 0 Å². The first-order chi connectivity index (χ1) is 11.1. The van der Waals surface area contributed by atoms with Crippen molar-refractivity contribution in [2.75, 3.05) is 25.1 Å². The molecule has 0 aliphatic carbocycles. The number of amides is 1. The van der Waals surface area contributed by atoms with Gasteiger partial charge in [-0.2, -0.15) is 0 Å². The maximum atomic E-state index is 12.9. The van der Waals surface area contributed by atoms with Crippen molar-refractivity contribution < 1.29 is 19.4 Å². The number of aliphatic carboxylic acids is 1. The smallest absolute Gasteiger partial charge is 0.320 e. The van der Waals surface area contributed by atoms with Crippen molar-refractivity contribution in [1.29, 1.82) is 0 Å². The Hall–Kier alpha value is -2.08. The van der Waals surface area contributed by atoms with Crippen molar-refractivity contribution in [3.8, 4) is 5.75 Å². The van der Waals surface area contributed by atoms with Gasteiger partial charge in [0.05, 0.1) is 18.8 Å². The van der Waals surface area contributed by atoms with Gasteiger partial charge >= 0.3 is 5.97 Å². The largest absolute Gasteiger partial charge is 0.495 e. The van der Waals surface area contributed by atoms with Crippen LogP contribution in [0, 0.1) is 0 Å². The second kappa shape index (κ2) is 6.58. The summed E-state index contributed by atoms with van der Waals surface area (Å²) >= 11 is 0. The van der Waals surface area contributed by atoms with E-state index < -0.39 is 12.0 Å². The molecule has 1 aromatic rings. The number of carbonyl (C=O) groups excluding carboxylic acids is 1. The lowest BCUT2D eigenvalue weighted by atomic mass is 9.99. The summed E-state index contributed by atoms with van der Waals surface area (Å²) in [6.45, 7) is 1.26. The molecule has 2 atom stereocenters. The summed E-state index contributed by atoms with van der Waals surface area (Å²) in [5, 5.41) is 9.43. The molecule has 3 rings (SSSR count). The van der Waals surface area contributed by atoms with Crippen LogP contribution in [-0.4, -0.2) is 54.2 Å². The molecule has 2 fully saturated rings. The van der Waals surface area contributed by atoms with Crippen LogP contribution in [-0.2, 0) is 9.59 Å². The highest BCUT2D eigenvalue weighted by Crippen LogP contribution is 2.33. The Bertz CT molecular complexity index is 604. The van der Waals surface area contributed by atoms with Crippen LogP contribution in [0.1, 0.15) is 25.7 Å². The molecule has 2 heterocycles. The van der Waals surface area contributed by atoms with Crippen molar-refractivity contribution in [3.05, 3.63) is 24.3 Å². The average molecular weight is 318 g/mol. The van der Waals surface area contributed by atoms with Gasteiger partial charge in [-0.3, -0.25) is 14.5 Å². The number of rotatable bonds is 4. The van der Waals surface area contributed by atoms with Crippen molar-refractivity contribution in [2.24, 2.45) is 0 Å². The summed E-state index contributed by atoms with van der Waals surface area (Å²) in [6, 6.07) is 6.54. The van der Waals surface area contributed by atoms with E-state index in [2.05, 4.69) is 0 Å². The third-order valence-corrected chi connectivity index (χ3v) is 4.78. The van der Waals surface area contributed by atoms with E-state index >= 15 is 0 Å². The number of methoxy groups -OCH3 is 1. The fourth-order valence-corrected chi connectivity index (χ4v) is 3.66. The van der Waals surface area contributed by atoms with Crippen LogP contribution >= 0.6 is 0 Å². The Morgan fingerprint density at radius 3 is 2.74 bits per heavy atom. The van der Waals surface area contributed by atoms with Gasteiger partial charge < -0.3 is 14.7 Å². The molecule has 2 aliphatic rings. The number of carbonyl (C=O) groups is 2. The number of hydrogen-bond acceptors (Lipinski definition) is 4. The van der Waals surface area contributed by atoms with Crippen LogP contribution in [0.15, 0.2) is 24.3 Å². The molecule has 1 amide bonds. The molecule has 1 aromatic carbocycles. The number of likely N-dealkylation sites (tertiary alicyclic amines) is 1. The number of nitrogens with zero attached hydrogens (tertiary/aromatic N) is 2. The first-order valence-corrected chi connectivity index (χ1v) is 8.06. The van der Waals surface area contributed by atoms with Crippen LogP contribution in [0.25, 0.3) is 0 Å². The van der Waals surface area contributed by atoms with Crippen molar-refractivity contribution in [3.63, 3.8) is 0 Å². The standard InChI is InChI=1S/C17H22N2O4/c1-23-15-8-3-2-6-12(15)19-11-9-13(16(19)20)18-10-5-4-7-14(18)17(21)22/h2-3,6,8,13-14H,4-5,7,9-11H2,1H3,(H,21,22)/t13-,14-/m0/s1. The van der Waals surface area contributed by atoms with E-state index in [-0.39, 0.29) is 11.9 Å². The maximum Gasteiger partial charge on any atom is 0.320 e. The van der Waals surface area contributed by atoms with E-state index in [9.17, 15) is 14.7 Å². The van der Waals surface area contributed by atoms with E-state index in [1.54, 1.807) is 12.0 Å². The summed E-state index contributed by atoms with van der Waals surface area (Å²) in [6.07, 6.45) is 3.13. The van der Waals surface area contributed by atoms with Gasteiger partial charge in [0.1, 0.15) is 11.8 Å². The van der Waals surface area contributed by atoms with Crippen LogP contribution < -0.4 is 9.64 Å². The summed E-state index contributed by atoms with van der Waals surface area (Å²) in [5.74, 6) is -0.189. The molecule has 0 bridgehead atoms. The fourth-order valence-electron chi connectivity index (χ4n) is 3.66. The van der Waals surface area contributed by atoms with Gasteiger partial charge in [0.15, 0.2) is 0 Å². The molecule has 2 saturated heterocycles. The highest BCUT2D eigenvalue weighted by atomic mass is 16.5. The topological polar surface area (TPSA) is 70.1 Å². The summed E-state index contributed by atoms with van der Waals surface area (Å²) in [7, 11) is 1.59. The molecule has 0 unspecified atom stereocenters. The first-order valence-electron chi connectivity index (χ1n) is 8.06. The number of ether oxygens (including phenoxy) is 1.